The molecule has 0 unspecified atom stereocenters. The van der Waals surface area contributed by atoms with Crippen LogP contribution < -0.4 is 11.1 Å². The summed E-state index contributed by atoms with van der Waals surface area (Å²) in [5.41, 5.74) is 8.56. The van der Waals surface area contributed by atoms with Gasteiger partial charge >= 0.3 is 0 Å². The summed E-state index contributed by atoms with van der Waals surface area (Å²) >= 11 is 6.04. The van der Waals surface area contributed by atoms with Crippen molar-refractivity contribution in [3.8, 4) is 0 Å². The standard InChI is InChI=1S/C12H13BrN4OS2/c1-6-3-8(13)9(4-7(6)2)15-10(18)5-19-12-17-16-11(14)20-12/h3-4H,5H2,1-2H3,(H2,14,16)(H,15,18). The number of amides is 1. The molecule has 0 saturated carbocycles. The summed E-state index contributed by atoms with van der Waals surface area (Å²) < 4.78 is 1.57. The summed E-state index contributed by atoms with van der Waals surface area (Å²) in [5.74, 6) is 0.182. The van der Waals surface area contributed by atoms with Crippen LogP contribution in [-0.2, 0) is 4.79 Å². The minimum absolute atomic E-state index is 0.0901. The summed E-state index contributed by atoms with van der Waals surface area (Å²) in [4.78, 5) is 11.9. The fourth-order valence-electron chi connectivity index (χ4n) is 1.47. The van der Waals surface area contributed by atoms with Gasteiger partial charge in [0.1, 0.15) is 0 Å². The number of aryl methyl sites for hydroxylation is 2. The SMILES string of the molecule is Cc1cc(Br)c(NC(=O)CSc2nnc(N)s2)cc1C. The molecule has 0 saturated heterocycles. The van der Waals surface area contributed by atoms with Crippen molar-refractivity contribution in [3.63, 3.8) is 0 Å². The van der Waals surface area contributed by atoms with Crippen molar-refractivity contribution in [2.45, 2.75) is 18.2 Å². The second-order valence-corrected chi connectivity index (χ2v) is 7.25. The highest BCUT2D eigenvalue weighted by atomic mass is 79.9. The maximum atomic E-state index is 11.9. The predicted octanol–water partition coefficient (Wildman–Crippen LogP) is 3.23. The molecule has 1 heterocycles. The van der Waals surface area contributed by atoms with Gasteiger partial charge in [-0.1, -0.05) is 23.1 Å². The summed E-state index contributed by atoms with van der Waals surface area (Å²) in [5, 5.41) is 10.8. The van der Waals surface area contributed by atoms with E-state index in [1.54, 1.807) is 0 Å². The van der Waals surface area contributed by atoms with E-state index >= 15 is 0 Å². The number of nitrogens with one attached hydrogen (secondary N) is 1. The fraction of sp³-hybridized carbons (Fsp3) is 0.250. The third-order valence-electron chi connectivity index (χ3n) is 2.61. The Morgan fingerprint density at radius 3 is 2.75 bits per heavy atom. The number of rotatable bonds is 4. The van der Waals surface area contributed by atoms with Crippen LogP contribution in [0.4, 0.5) is 10.8 Å². The fourth-order valence-corrected chi connectivity index (χ4v) is 3.46. The maximum absolute atomic E-state index is 11.9. The van der Waals surface area contributed by atoms with E-state index in [1.807, 2.05) is 26.0 Å². The lowest BCUT2D eigenvalue weighted by molar-refractivity contribution is -0.113. The predicted molar refractivity (Wildman–Crippen MR) is 87.3 cm³/mol. The monoisotopic (exact) mass is 372 g/mol. The molecule has 1 aromatic carbocycles. The number of halogens is 1. The molecule has 2 rings (SSSR count). The molecule has 8 heteroatoms. The van der Waals surface area contributed by atoms with Crippen molar-refractivity contribution >= 4 is 55.8 Å². The second kappa shape index (κ2) is 6.55. The summed E-state index contributed by atoms with van der Waals surface area (Å²) in [7, 11) is 0. The first-order valence-corrected chi connectivity index (χ1v) is 8.33. The van der Waals surface area contributed by atoms with Crippen LogP contribution in [0.5, 0.6) is 0 Å². The number of carbonyl (C=O) groups excluding carboxylic acids is 1. The number of hydrogen-bond acceptors (Lipinski definition) is 6. The number of benzene rings is 1. The number of aromatic nitrogens is 2. The minimum atomic E-state index is -0.0901. The van der Waals surface area contributed by atoms with Crippen LogP contribution in [0, 0.1) is 13.8 Å². The molecule has 20 heavy (non-hydrogen) atoms. The number of anilines is 2. The lowest BCUT2D eigenvalue weighted by Gasteiger charge is -2.09. The normalized spacial score (nSPS) is 10.6. The molecule has 5 nitrogen and oxygen atoms in total. The number of carbonyl (C=O) groups is 1. The van der Waals surface area contributed by atoms with Crippen molar-refractivity contribution in [1.82, 2.24) is 10.2 Å². The third-order valence-corrected chi connectivity index (χ3v) is 5.15. The quantitative estimate of drug-likeness (QED) is 0.805. The summed E-state index contributed by atoms with van der Waals surface area (Å²) in [6.45, 7) is 4.04. The molecule has 0 fully saturated rings. The van der Waals surface area contributed by atoms with E-state index in [1.165, 1.54) is 28.7 Å². The van der Waals surface area contributed by atoms with Crippen LogP contribution in [0.25, 0.3) is 0 Å². The smallest absolute Gasteiger partial charge is 0.234 e. The number of nitrogens with zero attached hydrogens (tertiary/aromatic N) is 2. The highest BCUT2D eigenvalue weighted by molar-refractivity contribution is 9.10. The van der Waals surface area contributed by atoms with Crippen LogP contribution >= 0.6 is 39.0 Å². The zero-order chi connectivity index (χ0) is 14.7. The Labute approximate surface area is 133 Å². The molecule has 106 valence electrons. The van der Waals surface area contributed by atoms with Gasteiger partial charge in [-0.2, -0.15) is 0 Å². The molecule has 3 N–H and O–H groups in total. The highest BCUT2D eigenvalue weighted by Crippen LogP contribution is 2.27. The Kier molecular flexibility index (Phi) is 5.00. The largest absolute Gasteiger partial charge is 0.374 e. The van der Waals surface area contributed by atoms with E-state index in [2.05, 4.69) is 31.4 Å². The van der Waals surface area contributed by atoms with Crippen LogP contribution in [0.3, 0.4) is 0 Å². The van der Waals surface area contributed by atoms with Crippen LogP contribution in [-0.4, -0.2) is 21.9 Å². The summed E-state index contributed by atoms with van der Waals surface area (Å²) in [6, 6.07) is 3.94. The van der Waals surface area contributed by atoms with Gasteiger partial charge in [-0.05, 0) is 53.0 Å². The van der Waals surface area contributed by atoms with E-state index in [0.29, 0.717) is 9.47 Å². The number of nitrogen functional groups attached to an aromatic ring is 1. The van der Waals surface area contributed by atoms with Crippen LogP contribution in [0.15, 0.2) is 20.9 Å². The van der Waals surface area contributed by atoms with E-state index in [0.717, 1.165) is 15.7 Å². The highest BCUT2D eigenvalue weighted by Gasteiger charge is 2.10. The van der Waals surface area contributed by atoms with Crippen molar-refractivity contribution in [1.29, 1.82) is 0 Å². The van der Waals surface area contributed by atoms with Crippen molar-refractivity contribution in [2.75, 3.05) is 16.8 Å². The Morgan fingerprint density at radius 2 is 2.10 bits per heavy atom. The van der Waals surface area contributed by atoms with E-state index < -0.39 is 0 Å². The van der Waals surface area contributed by atoms with Gasteiger partial charge < -0.3 is 11.1 Å². The van der Waals surface area contributed by atoms with Gasteiger partial charge in [0.15, 0.2) is 4.34 Å². The van der Waals surface area contributed by atoms with E-state index in [4.69, 9.17) is 5.73 Å². The molecule has 1 amide bonds. The zero-order valence-corrected chi connectivity index (χ0v) is 14.2. The Hall–Kier alpha value is -1.12. The molecule has 0 atom stereocenters. The maximum Gasteiger partial charge on any atom is 0.234 e. The molecule has 0 aliphatic rings. The Balaban J connectivity index is 1.96. The van der Waals surface area contributed by atoms with Gasteiger partial charge in [-0.15, -0.1) is 10.2 Å². The van der Waals surface area contributed by atoms with Crippen LogP contribution in [0.2, 0.25) is 0 Å². The third kappa shape index (κ3) is 3.94. The molecule has 2 aromatic rings. The Morgan fingerprint density at radius 1 is 1.40 bits per heavy atom. The minimum Gasteiger partial charge on any atom is -0.374 e. The van der Waals surface area contributed by atoms with Gasteiger partial charge in [0.2, 0.25) is 11.0 Å². The zero-order valence-electron chi connectivity index (χ0n) is 10.9. The molecule has 0 bridgehead atoms. The van der Waals surface area contributed by atoms with E-state index in [9.17, 15) is 4.79 Å². The summed E-state index contributed by atoms with van der Waals surface area (Å²) in [6.07, 6.45) is 0. The van der Waals surface area contributed by atoms with Gasteiger partial charge in [0.25, 0.3) is 0 Å². The number of thioether (sulfide) groups is 1. The number of hydrogen-bond donors (Lipinski definition) is 2. The molecule has 0 aliphatic carbocycles. The van der Waals surface area contributed by atoms with Gasteiger partial charge in [0, 0.05) is 4.47 Å². The molecule has 0 radical (unpaired) electrons. The molecule has 0 spiro atoms. The van der Waals surface area contributed by atoms with Crippen molar-refractivity contribution in [3.05, 3.63) is 27.7 Å². The first kappa shape index (κ1) is 15.3. The lowest BCUT2D eigenvalue weighted by Crippen LogP contribution is -2.14. The molecule has 1 aromatic heterocycles. The average Bonchev–Trinajstić information content (AvgIpc) is 2.79. The van der Waals surface area contributed by atoms with Crippen molar-refractivity contribution < 1.29 is 4.79 Å². The van der Waals surface area contributed by atoms with E-state index in [-0.39, 0.29) is 11.7 Å². The average molecular weight is 373 g/mol. The van der Waals surface area contributed by atoms with Gasteiger partial charge in [-0.3, -0.25) is 4.79 Å². The van der Waals surface area contributed by atoms with Crippen LogP contribution in [0.1, 0.15) is 11.1 Å². The second-order valence-electron chi connectivity index (χ2n) is 4.16. The van der Waals surface area contributed by atoms with Gasteiger partial charge in [0.05, 0.1) is 11.4 Å². The molecule has 0 aliphatic heterocycles. The molecular weight excluding hydrogens is 360 g/mol. The first-order valence-electron chi connectivity index (χ1n) is 5.74. The lowest BCUT2D eigenvalue weighted by atomic mass is 10.1. The van der Waals surface area contributed by atoms with Crippen molar-refractivity contribution in [2.24, 2.45) is 0 Å². The van der Waals surface area contributed by atoms with Gasteiger partial charge in [-0.25, -0.2) is 0 Å². The first-order chi connectivity index (χ1) is 9.45. The Bertz CT molecular complexity index is 644. The number of nitrogens with two attached hydrogens (primary N) is 1. The topological polar surface area (TPSA) is 80.9 Å². The molecular formula is C12H13BrN4OS2.